The largest absolute Gasteiger partial charge is 0.325 e. The topological polar surface area (TPSA) is 46.2 Å². The fourth-order valence-corrected chi connectivity index (χ4v) is 2.38. The van der Waals surface area contributed by atoms with E-state index in [1.165, 1.54) is 0 Å². The maximum Gasteiger partial charge on any atom is 0.239 e. The van der Waals surface area contributed by atoms with Crippen LogP contribution >= 0.6 is 15.9 Å². The van der Waals surface area contributed by atoms with Gasteiger partial charge in [-0.1, -0.05) is 22.9 Å². The molecule has 0 aliphatic heterocycles. The van der Waals surface area contributed by atoms with Crippen LogP contribution in [0.3, 0.4) is 0 Å². The summed E-state index contributed by atoms with van der Waals surface area (Å²) in [6, 6.07) is 5.58. The van der Waals surface area contributed by atoms with Gasteiger partial charge in [0.1, 0.15) is 5.25 Å². The highest BCUT2D eigenvalue weighted by molar-refractivity contribution is 9.10. The first-order chi connectivity index (χ1) is 7.95. The molecule has 0 saturated carbocycles. The Kier molecular flexibility index (Phi) is 5.33. The first-order valence-corrected chi connectivity index (χ1v) is 7.57. The molecule has 1 amide bonds. The first kappa shape index (κ1) is 14.4. The van der Waals surface area contributed by atoms with Gasteiger partial charge in [-0.3, -0.25) is 9.00 Å². The molecule has 0 saturated heterocycles. The van der Waals surface area contributed by atoms with Crippen molar-refractivity contribution in [3.8, 4) is 0 Å². The number of hydrogen-bond donors (Lipinski definition) is 1. The van der Waals surface area contributed by atoms with Gasteiger partial charge in [0.25, 0.3) is 0 Å². The van der Waals surface area contributed by atoms with Crippen LogP contribution in [0.1, 0.15) is 19.4 Å². The number of carbonyl (C=O) groups excluding carboxylic acids is 1. The minimum atomic E-state index is -1.11. The molecule has 3 nitrogen and oxygen atoms in total. The summed E-state index contributed by atoms with van der Waals surface area (Å²) in [4.78, 5) is 11.8. The summed E-state index contributed by atoms with van der Waals surface area (Å²) in [6.45, 7) is 5.44. The van der Waals surface area contributed by atoms with E-state index in [4.69, 9.17) is 0 Å². The van der Waals surface area contributed by atoms with Crippen molar-refractivity contribution in [2.75, 3.05) is 11.1 Å². The molecule has 0 aromatic heterocycles. The van der Waals surface area contributed by atoms with Gasteiger partial charge in [0.2, 0.25) is 5.91 Å². The Bertz CT molecular complexity index is 448. The van der Waals surface area contributed by atoms with E-state index in [-0.39, 0.29) is 5.91 Å². The number of benzene rings is 1. The molecule has 17 heavy (non-hydrogen) atoms. The molecule has 5 heteroatoms. The summed E-state index contributed by atoms with van der Waals surface area (Å²) in [5, 5.41) is 2.29. The summed E-state index contributed by atoms with van der Waals surface area (Å²) in [7, 11) is -1.11. The van der Waals surface area contributed by atoms with Crippen LogP contribution in [0.2, 0.25) is 0 Å². The van der Waals surface area contributed by atoms with Gasteiger partial charge in [-0.15, -0.1) is 0 Å². The summed E-state index contributed by atoms with van der Waals surface area (Å²) in [5.41, 5.74) is 1.78. The van der Waals surface area contributed by atoms with Gasteiger partial charge in [-0.25, -0.2) is 0 Å². The Morgan fingerprint density at radius 1 is 1.53 bits per heavy atom. The Morgan fingerprint density at radius 3 is 2.71 bits per heavy atom. The molecule has 0 aliphatic carbocycles. The van der Waals surface area contributed by atoms with Crippen LogP contribution in [0, 0.1) is 6.92 Å². The van der Waals surface area contributed by atoms with Crippen LogP contribution < -0.4 is 5.32 Å². The molecule has 0 unspecified atom stereocenters. The summed E-state index contributed by atoms with van der Waals surface area (Å²) < 4.78 is 12.5. The average molecular weight is 318 g/mol. The van der Waals surface area contributed by atoms with Gasteiger partial charge in [0, 0.05) is 26.7 Å². The second kappa shape index (κ2) is 6.31. The number of nitrogens with one attached hydrogen (secondary N) is 1. The van der Waals surface area contributed by atoms with Crippen molar-refractivity contribution in [2.24, 2.45) is 0 Å². The SMILES string of the molecule is CC[S@](=O)[C@H](C)C(=O)Nc1ccc(Br)c(C)c1. The number of rotatable bonds is 4. The molecule has 0 bridgehead atoms. The number of carbonyl (C=O) groups is 1. The third kappa shape index (κ3) is 3.92. The number of amides is 1. The minimum Gasteiger partial charge on any atom is -0.325 e. The standard InChI is InChI=1S/C12H16BrNO2S/c1-4-17(16)9(3)12(15)14-10-5-6-11(13)8(2)7-10/h5-7,9H,4H2,1-3H3,(H,14,15)/t9-,17+/m1/s1. The molecule has 0 heterocycles. The van der Waals surface area contributed by atoms with Crippen molar-refractivity contribution in [3.05, 3.63) is 28.2 Å². The maximum absolute atomic E-state index is 11.8. The van der Waals surface area contributed by atoms with E-state index in [0.29, 0.717) is 5.75 Å². The molecule has 1 aromatic carbocycles. The van der Waals surface area contributed by atoms with Crippen molar-refractivity contribution < 1.29 is 9.00 Å². The molecular weight excluding hydrogens is 302 g/mol. The zero-order valence-electron chi connectivity index (χ0n) is 10.1. The molecule has 0 spiro atoms. The Labute approximate surface area is 113 Å². The lowest BCUT2D eigenvalue weighted by Gasteiger charge is -2.11. The number of halogens is 1. The molecule has 1 rings (SSSR count). The van der Waals surface area contributed by atoms with Crippen molar-refractivity contribution in [1.29, 1.82) is 0 Å². The molecule has 1 aromatic rings. The quantitative estimate of drug-likeness (QED) is 0.928. The molecule has 0 fully saturated rings. The van der Waals surface area contributed by atoms with E-state index in [1.54, 1.807) is 6.92 Å². The van der Waals surface area contributed by atoms with Crippen LogP contribution in [0.4, 0.5) is 5.69 Å². The molecule has 0 aliphatic rings. The average Bonchev–Trinajstić information content (AvgIpc) is 2.31. The monoisotopic (exact) mass is 317 g/mol. The zero-order valence-corrected chi connectivity index (χ0v) is 12.5. The second-order valence-electron chi connectivity index (χ2n) is 3.76. The lowest BCUT2D eigenvalue weighted by Crippen LogP contribution is -2.29. The van der Waals surface area contributed by atoms with E-state index < -0.39 is 16.0 Å². The van der Waals surface area contributed by atoms with Crippen molar-refractivity contribution in [1.82, 2.24) is 0 Å². The molecule has 0 radical (unpaired) electrons. The molecule has 2 atom stereocenters. The van der Waals surface area contributed by atoms with E-state index in [0.717, 1.165) is 15.7 Å². The smallest absolute Gasteiger partial charge is 0.239 e. The lowest BCUT2D eigenvalue weighted by molar-refractivity contribution is -0.115. The third-order valence-electron chi connectivity index (χ3n) is 2.47. The van der Waals surface area contributed by atoms with E-state index in [2.05, 4.69) is 21.2 Å². The summed E-state index contributed by atoms with van der Waals surface area (Å²) >= 11 is 3.40. The predicted octanol–water partition coefficient (Wildman–Crippen LogP) is 2.85. The molecule has 94 valence electrons. The fourth-order valence-electron chi connectivity index (χ4n) is 1.34. The predicted molar refractivity (Wildman–Crippen MR) is 75.7 cm³/mol. The van der Waals surface area contributed by atoms with Crippen molar-refractivity contribution in [2.45, 2.75) is 26.0 Å². The Hall–Kier alpha value is -0.680. The second-order valence-corrected chi connectivity index (χ2v) is 6.67. The normalized spacial score (nSPS) is 14.1. The van der Waals surface area contributed by atoms with Gasteiger partial charge in [0.05, 0.1) is 0 Å². The van der Waals surface area contributed by atoms with E-state index in [9.17, 15) is 9.00 Å². The van der Waals surface area contributed by atoms with Gasteiger partial charge in [0.15, 0.2) is 0 Å². The van der Waals surface area contributed by atoms with Crippen LogP contribution in [0.15, 0.2) is 22.7 Å². The van der Waals surface area contributed by atoms with Crippen LogP contribution in [0.25, 0.3) is 0 Å². The summed E-state index contributed by atoms with van der Waals surface area (Å²) in [6.07, 6.45) is 0. The first-order valence-electron chi connectivity index (χ1n) is 5.40. The zero-order chi connectivity index (χ0) is 13.0. The van der Waals surface area contributed by atoms with Crippen LogP contribution in [-0.2, 0) is 15.6 Å². The van der Waals surface area contributed by atoms with Gasteiger partial charge in [-0.2, -0.15) is 0 Å². The fraction of sp³-hybridized carbons (Fsp3) is 0.417. The Balaban J connectivity index is 2.74. The number of hydrogen-bond acceptors (Lipinski definition) is 2. The molecular formula is C12H16BrNO2S. The molecule has 1 N–H and O–H groups in total. The van der Waals surface area contributed by atoms with Crippen molar-refractivity contribution in [3.63, 3.8) is 0 Å². The maximum atomic E-state index is 11.8. The van der Waals surface area contributed by atoms with Crippen LogP contribution in [0.5, 0.6) is 0 Å². The van der Waals surface area contributed by atoms with Gasteiger partial charge >= 0.3 is 0 Å². The highest BCUT2D eigenvalue weighted by Crippen LogP contribution is 2.20. The van der Waals surface area contributed by atoms with E-state index in [1.807, 2.05) is 32.0 Å². The minimum absolute atomic E-state index is 0.202. The number of aryl methyl sites for hydroxylation is 1. The van der Waals surface area contributed by atoms with Gasteiger partial charge in [-0.05, 0) is 37.6 Å². The number of anilines is 1. The Morgan fingerprint density at radius 2 is 2.18 bits per heavy atom. The highest BCUT2D eigenvalue weighted by Gasteiger charge is 2.18. The summed E-state index contributed by atoms with van der Waals surface area (Å²) in [5.74, 6) is 0.292. The van der Waals surface area contributed by atoms with Crippen LogP contribution in [-0.4, -0.2) is 21.1 Å². The van der Waals surface area contributed by atoms with Gasteiger partial charge < -0.3 is 5.32 Å². The van der Waals surface area contributed by atoms with E-state index >= 15 is 0 Å². The lowest BCUT2D eigenvalue weighted by atomic mass is 10.2. The highest BCUT2D eigenvalue weighted by atomic mass is 79.9. The van der Waals surface area contributed by atoms with Crippen molar-refractivity contribution >= 4 is 38.3 Å². The third-order valence-corrected chi connectivity index (χ3v) is 4.94.